The normalized spacial score (nSPS) is 10.8. The summed E-state index contributed by atoms with van der Waals surface area (Å²) >= 11 is 5.79. The van der Waals surface area contributed by atoms with E-state index in [0.29, 0.717) is 6.54 Å². The molecule has 2 N–H and O–H groups in total. The molecule has 0 saturated heterocycles. The van der Waals surface area contributed by atoms with Crippen molar-refractivity contribution in [2.45, 2.75) is 13.5 Å². The van der Waals surface area contributed by atoms with Gasteiger partial charge in [-0.2, -0.15) is 5.10 Å². The van der Waals surface area contributed by atoms with Gasteiger partial charge in [-0.15, -0.1) is 0 Å². The number of aromatic nitrogens is 2. The van der Waals surface area contributed by atoms with Crippen molar-refractivity contribution < 1.29 is 4.39 Å². The molecule has 5 heteroatoms. The van der Waals surface area contributed by atoms with E-state index in [1.165, 1.54) is 6.07 Å². The molecular formula is C12H13ClFN3. The second-order valence-electron chi connectivity index (χ2n) is 3.83. The minimum absolute atomic E-state index is 0.124. The van der Waals surface area contributed by atoms with E-state index in [4.69, 9.17) is 11.6 Å². The molecule has 2 rings (SSSR count). The Hall–Kier alpha value is -1.39. The van der Waals surface area contributed by atoms with Gasteiger partial charge in [0, 0.05) is 17.8 Å². The first-order chi connectivity index (χ1) is 8.13. The summed E-state index contributed by atoms with van der Waals surface area (Å²) in [6.45, 7) is 2.58. The van der Waals surface area contributed by atoms with Crippen LogP contribution in [-0.2, 0) is 6.54 Å². The van der Waals surface area contributed by atoms with E-state index in [-0.39, 0.29) is 5.02 Å². The predicted octanol–water partition coefficient (Wildman–Crippen LogP) is 2.90. The van der Waals surface area contributed by atoms with Gasteiger partial charge >= 0.3 is 0 Å². The molecule has 0 bridgehead atoms. The van der Waals surface area contributed by atoms with Crippen LogP contribution in [0.1, 0.15) is 11.4 Å². The molecule has 0 saturated carbocycles. The van der Waals surface area contributed by atoms with E-state index < -0.39 is 5.82 Å². The Morgan fingerprint density at radius 2 is 2.24 bits per heavy atom. The molecule has 0 amide bonds. The molecule has 90 valence electrons. The number of H-pyrrole nitrogens is 1. The highest BCUT2D eigenvalue weighted by atomic mass is 35.5. The maximum atomic E-state index is 13.1. The molecule has 1 aromatic heterocycles. The standard InChI is InChI=1S/C12H13ClFN3/c1-7-12(11(6-15-2)17-16-7)8-3-4-10(14)9(13)5-8/h3-5,15H,6H2,1-2H3,(H,16,17). The van der Waals surface area contributed by atoms with E-state index in [1.54, 1.807) is 12.1 Å². The quantitative estimate of drug-likeness (QED) is 0.883. The number of nitrogens with one attached hydrogen (secondary N) is 2. The Bertz CT molecular complexity index is 537. The van der Waals surface area contributed by atoms with Crippen molar-refractivity contribution in [2.24, 2.45) is 0 Å². The summed E-state index contributed by atoms with van der Waals surface area (Å²) in [5, 5.41) is 10.3. The van der Waals surface area contributed by atoms with Crippen LogP contribution in [0.25, 0.3) is 11.1 Å². The summed E-state index contributed by atoms with van der Waals surface area (Å²) in [7, 11) is 1.85. The Kier molecular flexibility index (Phi) is 3.45. The van der Waals surface area contributed by atoms with Crippen LogP contribution in [0, 0.1) is 12.7 Å². The Labute approximate surface area is 104 Å². The minimum Gasteiger partial charge on any atom is -0.314 e. The third kappa shape index (κ3) is 2.33. The van der Waals surface area contributed by atoms with Crippen LogP contribution < -0.4 is 5.32 Å². The van der Waals surface area contributed by atoms with Gasteiger partial charge in [-0.1, -0.05) is 17.7 Å². The number of hydrogen-bond donors (Lipinski definition) is 2. The fourth-order valence-corrected chi connectivity index (χ4v) is 1.99. The molecule has 1 aromatic carbocycles. The van der Waals surface area contributed by atoms with Gasteiger partial charge in [0.2, 0.25) is 0 Å². The number of nitrogens with zero attached hydrogens (tertiary/aromatic N) is 1. The monoisotopic (exact) mass is 253 g/mol. The lowest BCUT2D eigenvalue weighted by molar-refractivity contribution is 0.628. The molecule has 0 spiro atoms. The average molecular weight is 254 g/mol. The summed E-state index contributed by atoms with van der Waals surface area (Å²) in [5.41, 5.74) is 3.68. The van der Waals surface area contributed by atoms with Crippen molar-refractivity contribution in [1.29, 1.82) is 0 Å². The largest absolute Gasteiger partial charge is 0.314 e. The highest BCUT2D eigenvalue weighted by molar-refractivity contribution is 6.31. The molecular weight excluding hydrogens is 241 g/mol. The SMILES string of the molecule is CNCc1n[nH]c(C)c1-c1ccc(F)c(Cl)c1. The predicted molar refractivity (Wildman–Crippen MR) is 66.5 cm³/mol. The highest BCUT2D eigenvalue weighted by Crippen LogP contribution is 2.29. The molecule has 0 atom stereocenters. The van der Waals surface area contributed by atoms with Crippen LogP contribution in [0.3, 0.4) is 0 Å². The van der Waals surface area contributed by atoms with Gasteiger partial charge in [0.05, 0.1) is 10.7 Å². The van der Waals surface area contributed by atoms with Crippen LogP contribution in [0.2, 0.25) is 5.02 Å². The van der Waals surface area contributed by atoms with Crippen LogP contribution in [0.4, 0.5) is 4.39 Å². The van der Waals surface area contributed by atoms with E-state index in [2.05, 4.69) is 15.5 Å². The van der Waals surface area contributed by atoms with Gasteiger partial charge in [0.15, 0.2) is 0 Å². The van der Waals surface area contributed by atoms with E-state index in [0.717, 1.165) is 22.5 Å². The van der Waals surface area contributed by atoms with Gasteiger partial charge in [-0.25, -0.2) is 4.39 Å². The number of aromatic amines is 1. The highest BCUT2D eigenvalue weighted by Gasteiger charge is 2.13. The average Bonchev–Trinajstić information content (AvgIpc) is 2.65. The minimum atomic E-state index is -0.410. The fraction of sp³-hybridized carbons (Fsp3) is 0.250. The summed E-state index contributed by atoms with van der Waals surface area (Å²) in [5.74, 6) is -0.410. The maximum absolute atomic E-state index is 13.1. The van der Waals surface area contributed by atoms with E-state index in [1.807, 2.05) is 14.0 Å². The van der Waals surface area contributed by atoms with Crippen molar-refractivity contribution in [3.8, 4) is 11.1 Å². The molecule has 0 fully saturated rings. The van der Waals surface area contributed by atoms with Crippen LogP contribution in [-0.4, -0.2) is 17.2 Å². The Morgan fingerprint density at radius 3 is 2.88 bits per heavy atom. The summed E-state index contributed by atoms with van der Waals surface area (Å²) < 4.78 is 13.1. The Morgan fingerprint density at radius 1 is 1.47 bits per heavy atom. The zero-order valence-electron chi connectivity index (χ0n) is 9.64. The number of halogens is 2. The van der Waals surface area contributed by atoms with Crippen molar-refractivity contribution in [2.75, 3.05) is 7.05 Å². The first-order valence-corrected chi connectivity index (χ1v) is 5.65. The zero-order chi connectivity index (χ0) is 12.4. The third-order valence-corrected chi connectivity index (χ3v) is 2.86. The second kappa shape index (κ2) is 4.85. The molecule has 2 aromatic rings. The Balaban J connectivity index is 2.51. The van der Waals surface area contributed by atoms with Crippen LogP contribution in [0.15, 0.2) is 18.2 Å². The molecule has 0 radical (unpaired) electrons. The summed E-state index contributed by atoms with van der Waals surface area (Å²) in [6, 6.07) is 4.69. The molecule has 17 heavy (non-hydrogen) atoms. The molecule has 3 nitrogen and oxygen atoms in total. The van der Waals surface area contributed by atoms with Gasteiger partial charge in [0.1, 0.15) is 5.82 Å². The van der Waals surface area contributed by atoms with Gasteiger partial charge in [-0.05, 0) is 31.7 Å². The molecule has 0 aliphatic carbocycles. The van der Waals surface area contributed by atoms with Crippen molar-refractivity contribution in [1.82, 2.24) is 15.5 Å². The number of rotatable bonds is 3. The number of benzene rings is 1. The molecule has 0 unspecified atom stereocenters. The van der Waals surface area contributed by atoms with Gasteiger partial charge < -0.3 is 5.32 Å². The zero-order valence-corrected chi connectivity index (χ0v) is 10.4. The van der Waals surface area contributed by atoms with Crippen LogP contribution >= 0.6 is 11.6 Å². The van der Waals surface area contributed by atoms with Crippen molar-refractivity contribution in [3.63, 3.8) is 0 Å². The second-order valence-corrected chi connectivity index (χ2v) is 4.24. The topological polar surface area (TPSA) is 40.7 Å². The third-order valence-electron chi connectivity index (χ3n) is 2.57. The van der Waals surface area contributed by atoms with Crippen molar-refractivity contribution in [3.05, 3.63) is 40.4 Å². The summed E-state index contributed by atoms with van der Waals surface area (Å²) in [4.78, 5) is 0. The first-order valence-electron chi connectivity index (χ1n) is 5.27. The fourth-order valence-electron chi connectivity index (χ4n) is 1.81. The smallest absolute Gasteiger partial charge is 0.141 e. The number of aryl methyl sites for hydroxylation is 1. The molecule has 0 aliphatic rings. The molecule has 0 aliphatic heterocycles. The lowest BCUT2D eigenvalue weighted by Crippen LogP contribution is -2.06. The lowest BCUT2D eigenvalue weighted by atomic mass is 10.0. The number of hydrogen-bond acceptors (Lipinski definition) is 2. The van der Waals surface area contributed by atoms with E-state index in [9.17, 15) is 4.39 Å². The molecule has 1 heterocycles. The van der Waals surface area contributed by atoms with Gasteiger partial charge in [-0.3, -0.25) is 5.10 Å². The maximum Gasteiger partial charge on any atom is 0.141 e. The lowest BCUT2D eigenvalue weighted by Gasteiger charge is -2.05. The summed E-state index contributed by atoms with van der Waals surface area (Å²) in [6.07, 6.45) is 0. The van der Waals surface area contributed by atoms with Gasteiger partial charge in [0.25, 0.3) is 0 Å². The van der Waals surface area contributed by atoms with Crippen LogP contribution in [0.5, 0.6) is 0 Å². The van der Waals surface area contributed by atoms with Crippen molar-refractivity contribution >= 4 is 11.6 Å². The first kappa shape index (κ1) is 12.1. The van der Waals surface area contributed by atoms with E-state index >= 15 is 0 Å².